The quantitative estimate of drug-likeness (QED) is 0.850. The van der Waals surface area contributed by atoms with E-state index in [-0.39, 0.29) is 6.10 Å². The van der Waals surface area contributed by atoms with Crippen LogP contribution in [0.2, 0.25) is 0 Å². The van der Waals surface area contributed by atoms with Gasteiger partial charge in [0.2, 0.25) is 0 Å². The summed E-state index contributed by atoms with van der Waals surface area (Å²) in [5, 5.41) is 3.15. The fourth-order valence-corrected chi connectivity index (χ4v) is 2.17. The second-order valence-electron chi connectivity index (χ2n) is 4.60. The van der Waals surface area contributed by atoms with Gasteiger partial charge in [-0.3, -0.25) is 0 Å². The number of rotatable bonds is 5. The van der Waals surface area contributed by atoms with E-state index in [0.717, 1.165) is 25.1 Å². The third-order valence-electron chi connectivity index (χ3n) is 3.08. The topological polar surface area (TPSA) is 30.5 Å². The number of benzene rings is 1. The van der Waals surface area contributed by atoms with Crippen LogP contribution in [0.25, 0.3) is 0 Å². The molecule has 2 unspecified atom stereocenters. The number of hydrogen-bond acceptors (Lipinski definition) is 3. The monoisotopic (exact) mass is 235 g/mol. The lowest BCUT2D eigenvalue weighted by Crippen LogP contribution is -2.18. The van der Waals surface area contributed by atoms with E-state index in [1.54, 1.807) is 0 Å². The summed E-state index contributed by atoms with van der Waals surface area (Å²) < 4.78 is 11.6. The summed E-state index contributed by atoms with van der Waals surface area (Å²) >= 11 is 0. The third kappa shape index (κ3) is 3.45. The van der Waals surface area contributed by atoms with Crippen LogP contribution in [0, 0.1) is 0 Å². The molecule has 1 fully saturated rings. The van der Waals surface area contributed by atoms with Gasteiger partial charge in [0.1, 0.15) is 12.4 Å². The van der Waals surface area contributed by atoms with Crippen LogP contribution in [0.15, 0.2) is 24.3 Å². The molecule has 1 aromatic carbocycles. The molecule has 94 valence electrons. The molecule has 0 radical (unpaired) electrons. The fraction of sp³-hybridized carbons (Fsp3) is 0.571. The molecule has 17 heavy (non-hydrogen) atoms. The Kier molecular flexibility index (Phi) is 4.40. The van der Waals surface area contributed by atoms with Gasteiger partial charge < -0.3 is 14.8 Å². The molecule has 1 aliphatic heterocycles. The van der Waals surface area contributed by atoms with E-state index < -0.39 is 0 Å². The van der Waals surface area contributed by atoms with Crippen LogP contribution in [0.3, 0.4) is 0 Å². The van der Waals surface area contributed by atoms with Crippen LogP contribution in [0.4, 0.5) is 0 Å². The van der Waals surface area contributed by atoms with Crippen molar-refractivity contribution in [3.63, 3.8) is 0 Å². The molecular weight excluding hydrogens is 214 g/mol. The molecule has 3 heteroatoms. The molecule has 0 aromatic heterocycles. The molecule has 0 bridgehead atoms. The summed E-state index contributed by atoms with van der Waals surface area (Å²) in [4.78, 5) is 0. The van der Waals surface area contributed by atoms with Crippen LogP contribution >= 0.6 is 0 Å². The van der Waals surface area contributed by atoms with Gasteiger partial charge in [0.25, 0.3) is 0 Å². The van der Waals surface area contributed by atoms with E-state index in [4.69, 9.17) is 9.47 Å². The maximum atomic E-state index is 5.86. The zero-order chi connectivity index (χ0) is 12.1. The predicted octanol–water partition coefficient (Wildman–Crippen LogP) is 2.35. The van der Waals surface area contributed by atoms with Gasteiger partial charge in [-0.1, -0.05) is 18.2 Å². The lowest BCUT2D eigenvalue weighted by atomic mass is 10.2. The molecule has 1 aliphatic rings. The average Bonchev–Trinajstić information content (AvgIpc) is 2.74. The Bertz CT molecular complexity index is 354. The van der Waals surface area contributed by atoms with E-state index >= 15 is 0 Å². The van der Waals surface area contributed by atoms with Crippen molar-refractivity contribution in [2.45, 2.75) is 38.5 Å². The minimum atomic E-state index is 0.257. The second-order valence-corrected chi connectivity index (χ2v) is 4.60. The number of para-hydroxylation sites is 1. The summed E-state index contributed by atoms with van der Waals surface area (Å²) in [7, 11) is 1.94. The molecule has 3 nitrogen and oxygen atoms in total. The first-order valence-corrected chi connectivity index (χ1v) is 6.30. The summed E-state index contributed by atoms with van der Waals surface area (Å²) in [5.74, 6) is 0.963. The lowest BCUT2D eigenvalue weighted by molar-refractivity contribution is 0.0262. The average molecular weight is 235 g/mol. The van der Waals surface area contributed by atoms with Crippen molar-refractivity contribution in [3.05, 3.63) is 29.8 Å². The highest BCUT2D eigenvalue weighted by Gasteiger charge is 2.22. The van der Waals surface area contributed by atoms with Gasteiger partial charge >= 0.3 is 0 Å². The van der Waals surface area contributed by atoms with Crippen LogP contribution in [0.1, 0.15) is 25.3 Å². The molecule has 1 saturated heterocycles. The summed E-state index contributed by atoms with van der Waals surface area (Å²) in [6.07, 6.45) is 2.89. The summed E-state index contributed by atoms with van der Waals surface area (Å²) in [5.41, 5.74) is 1.20. The van der Waals surface area contributed by atoms with Crippen LogP contribution in [0.5, 0.6) is 5.75 Å². The first kappa shape index (κ1) is 12.4. The smallest absolute Gasteiger partial charge is 0.123 e. The van der Waals surface area contributed by atoms with Crippen molar-refractivity contribution in [1.29, 1.82) is 0 Å². The molecule has 0 amide bonds. The van der Waals surface area contributed by atoms with Crippen LogP contribution in [-0.2, 0) is 11.3 Å². The van der Waals surface area contributed by atoms with Crippen LogP contribution < -0.4 is 10.1 Å². The summed E-state index contributed by atoms with van der Waals surface area (Å²) in [6, 6.07) is 8.15. The van der Waals surface area contributed by atoms with E-state index in [0.29, 0.717) is 12.7 Å². The Morgan fingerprint density at radius 1 is 1.35 bits per heavy atom. The largest absolute Gasteiger partial charge is 0.491 e. The molecule has 1 aromatic rings. The normalized spacial score (nSPS) is 23.9. The number of hydrogen-bond donors (Lipinski definition) is 1. The molecule has 1 N–H and O–H groups in total. The van der Waals surface area contributed by atoms with Crippen molar-refractivity contribution in [2.24, 2.45) is 0 Å². The van der Waals surface area contributed by atoms with E-state index in [1.807, 2.05) is 25.2 Å². The predicted molar refractivity (Wildman–Crippen MR) is 68.3 cm³/mol. The Balaban J connectivity index is 1.89. The van der Waals surface area contributed by atoms with Crippen molar-refractivity contribution >= 4 is 0 Å². The highest BCUT2D eigenvalue weighted by Crippen LogP contribution is 2.22. The minimum absolute atomic E-state index is 0.257. The Morgan fingerprint density at radius 3 is 2.88 bits per heavy atom. The fourth-order valence-electron chi connectivity index (χ4n) is 2.17. The van der Waals surface area contributed by atoms with Gasteiger partial charge in [-0.05, 0) is 32.9 Å². The number of nitrogens with one attached hydrogen (secondary N) is 1. The van der Waals surface area contributed by atoms with Crippen molar-refractivity contribution < 1.29 is 9.47 Å². The van der Waals surface area contributed by atoms with Crippen molar-refractivity contribution in [1.82, 2.24) is 5.32 Å². The van der Waals surface area contributed by atoms with Crippen molar-refractivity contribution in [3.8, 4) is 5.75 Å². The summed E-state index contributed by atoms with van der Waals surface area (Å²) in [6.45, 7) is 3.61. The maximum Gasteiger partial charge on any atom is 0.123 e. The van der Waals surface area contributed by atoms with Gasteiger partial charge in [0, 0.05) is 12.1 Å². The minimum Gasteiger partial charge on any atom is -0.491 e. The maximum absolute atomic E-state index is 5.86. The Hall–Kier alpha value is -1.06. The highest BCUT2D eigenvalue weighted by atomic mass is 16.5. The highest BCUT2D eigenvalue weighted by molar-refractivity contribution is 5.33. The molecule has 1 heterocycles. The third-order valence-corrected chi connectivity index (χ3v) is 3.08. The molecule has 2 atom stereocenters. The van der Waals surface area contributed by atoms with E-state index in [1.165, 1.54) is 5.56 Å². The first-order chi connectivity index (χ1) is 8.29. The van der Waals surface area contributed by atoms with Gasteiger partial charge in [-0.25, -0.2) is 0 Å². The molecule has 2 rings (SSSR count). The number of ether oxygens (including phenoxy) is 2. The van der Waals surface area contributed by atoms with Crippen molar-refractivity contribution in [2.75, 3.05) is 13.7 Å². The van der Waals surface area contributed by atoms with Gasteiger partial charge in [0.15, 0.2) is 0 Å². The van der Waals surface area contributed by atoms with Gasteiger partial charge in [-0.15, -0.1) is 0 Å². The molecular formula is C14H21NO2. The zero-order valence-electron chi connectivity index (χ0n) is 10.6. The van der Waals surface area contributed by atoms with Gasteiger partial charge in [-0.2, -0.15) is 0 Å². The van der Waals surface area contributed by atoms with E-state index in [2.05, 4.69) is 18.3 Å². The Morgan fingerprint density at radius 2 is 2.18 bits per heavy atom. The SMILES string of the molecule is CNCc1ccccc1OCC1CCC(C)O1. The first-order valence-electron chi connectivity index (χ1n) is 6.30. The molecule has 0 spiro atoms. The Labute approximate surface area is 103 Å². The molecule has 0 saturated carbocycles. The van der Waals surface area contributed by atoms with E-state index in [9.17, 15) is 0 Å². The second kappa shape index (κ2) is 6.03. The van der Waals surface area contributed by atoms with Crippen LogP contribution in [-0.4, -0.2) is 25.9 Å². The van der Waals surface area contributed by atoms with Gasteiger partial charge in [0.05, 0.1) is 12.2 Å². The zero-order valence-corrected chi connectivity index (χ0v) is 10.6. The lowest BCUT2D eigenvalue weighted by Gasteiger charge is -2.15. The molecule has 0 aliphatic carbocycles. The standard InChI is InChI=1S/C14H21NO2/c1-11-7-8-13(17-11)10-16-14-6-4-3-5-12(14)9-15-2/h3-6,11,13,15H,7-10H2,1-2H3.